The van der Waals surface area contributed by atoms with Gasteiger partial charge in [-0.25, -0.2) is 9.67 Å². The molecule has 4 rings (SSSR count). The van der Waals surface area contributed by atoms with Gasteiger partial charge in [0.2, 0.25) is 5.88 Å². The maximum absolute atomic E-state index is 5.10. The SMILES string of the molecule is COc1ccc(-c2ccc(Cn3cc(-c4cccc(C)c4)nn3)cc2)cn1. The maximum Gasteiger partial charge on any atom is 0.212 e. The largest absolute Gasteiger partial charge is 0.481 e. The normalized spacial score (nSPS) is 10.7. The Labute approximate surface area is 158 Å². The van der Waals surface area contributed by atoms with Gasteiger partial charge in [-0.15, -0.1) is 5.10 Å². The first-order valence-electron chi connectivity index (χ1n) is 8.78. The third-order valence-electron chi connectivity index (χ3n) is 4.43. The molecule has 0 saturated carbocycles. The average molecular weight is 356 g/mol. The first kappa shape index (κ1) is 17.0. The molecule has 0 N–H and O–H groups in total. The number of benzene rings is 2. The van der Waals surface area contributed by atoms with E-state index in [4.69, 9.17) is 4.74 Å². The molecule has 134 valence electrons. The number of methoxy groups -OCH3 is 1. The van der Waals surface area contributed by atoms with E-state index in [1.807, 2.05) is 35.3 Å². The molecular formula is C22H20N4O. The molecule has 2 aromatic carbocycles. The van der Waals surface area contributed by atoms with Gasteiger partial charge < -0.3 is 4.74 Å². The summed E-state index contributed by atoms with van der Waals surface area (Å²) in [6.45, 7) is 2.76. The van der Waals surface area contributed by atoms with E-state index in [0.29, 0.717) is 12.4 Å². The summed E-state index contributed by atoms with van der Waals surface area (Å²) in [5.41, 5.74) is 6.53. The van der Waals surface area contributed by atoms with Gasteiger partial charge >= 0.3 is 0 Å². The maximum atomic E-state index is 5.10. The van der Waals surface area contributed by atoms with Crippen LogP contribution in [0.15, 0.2) is 73.1 Å². The van der Waals surface area contributed by atoms with Crippen LogP contribution in [0.5, 0.6) is 5.88 Å². The summed E-state index contributed by atoms with van der Waals surface area (Å²) >= 11 is 0. The van der Waals surface area contributed by atoms with Crippen LogP contribution in [-0.4, -0.2) is 27.1 Å². The van der Waals surface area contributed by atoms with Crippen LogP contribution in [0.3, 0.4) is 0 Å². The molecule has 0 fully saturated rings. The van der Waals surface area contributed by atoms with Gasteiger partial charge in [0.15, 0.2) is 0 Å². The highest BCUT2D eigenvalue weighted by molar-refractivity contribution is 5.63. The molecule has 0 aliphatic rings. The molecule has 0 amide bonds. The average Bonchev–Trinajstić information content (AvgIpc) is 3.17. The summed E-state index contributed by atoms with van der Waals surface area (Å²) < 4.78 is 6.97. The minimum absolute atomic E-state index is 0.617. The highest BCUT2D eigenvalue weighted by Gasteiger charge is 2.05. The molecule has 2 aromatic heterocycles. The lowest BCUT2D eigenvalue weighted by molar-refractivity contribution is 0.398. The molecule has 2 heterocycles. The van der Waals surface area contributed by atoms with Crippen LogP contribution < -0.4 is 4.74 Å². The van der Waals surface area contributed by atoms with Crippen molar-refractivity contribution in [3.05, 3.63) is 84.2 Å². The molecular weight excluding hydrogens is 336 g/mol. The Balaban J connectivity index is 1.48. The second kappa shape index (κ2) is 7.41. The number of hydrogen-bond acceptors (Lipinski definition) is 4. The minimum atomic E-state index is 0.617. The Hall–Kier alpha value is -3.47. The molecule has 0 unspecified atom stereocenters. The summed E-state index contributed by atoms with van der Waals surface area (Å²) in [6.07, 6.45) is 3.80. The zero-order valence-electron chi connectivity index (χ0n) is 15.3. The van der Waals surface area contributed by atoms with E-state index < -0.39 is 0 Å². The third-order valence-corrected chi connectivity index (χ3v) is 4.43. The molecule has 0 spiro atoms. The summed E-state index contributed by atoms with van der Waals surface area (Å²) in [5.74, 6) is 0.617. The van der Waals surface area contributed by atoms with Crippen molar-refractivity contribution in [2.75, 3.05) is 7.11 Å². The first-order chi connectivity index (χ1) is 13.2. The fraction of sp³-hybridized carbons (Fsp3) is 0.136. The van der Waals surface area contributed by atoms with Gasteiger partial charge in [-0.05, 0) is 30.2 Å². The van der Waals surface area contributed by atoms with Crippen molar-refractivity contribution < 1.29 is 4.74 Å². The van der Waals surface area contributed by atoms with Crippen molar-refractivity contribution in [3.8, 4) is 28.3 Å². The molecule has 0 aliphatic carbocycles. The van der Waals surface area contributed by atoms with Crippen molar-refractivity contribution in [1.29, 1.82) is 0 Å². The fourth-order valence-corrected chi connectivity index (χ4v) is 2.97. The fourth-order valence-electron chi connectivity index (χ4n) is 2.97. The van der Waals surface area contributed by atoms with Crippen molar-refractivity contribution >= 4 is 0 Å². The highest BCUT2D eigenvalue weighted by atomic mass is 16.5. The van der Waals surface area contributed by atoms with Crippen LogP contribution >= 0.6 is 0 Å². The van der Waals surface area contributed by atoms with E-state index in [9.17, 15) is 0 Å². The van der Waals surface area contributed by atoms with E-state index in [2.05, 4.69) is 64.7 Å². The summed E-state index contributed by atoms with van der Waals surface area (Å²) in [5, 5.41) is 8.56. The van der Waals surface area contributed by atoms with E-state index in [-0.39, 0.29) is 0 Å². The predicted molar refractivity (Wildman–Crippen MR) is 106 cm³/mol. The van der Waals surface area contributed by atoms with Crippen LogP contribution in [0.25, 0.3) is 22.4 Å². The number of pyridine rings is 1. The van der Waals surface area contributed by atoms with E-state index >= 15 is 0 Å². The van der Waals surface area contributed by atoms with Crippen LogP contribution in [0.2, 0.25) is 0 Å². The molecule has 5 heteroatoms. The van der Waals surface area contributed by atoms with Gasteiger partial charge in [0.05, 0.1) is 19.9 Å². The van der Waals surface area contributed by atoms with Crippen LogP contribution in [-0.2, 0) is 6.54 Å². The lowest BCUT2D eigenvalue weighted by Gasteiger charge is -2.05. The zero-order valence-corrected chi connectivity index (χ0v) is 15.3. The summed E-state index contributed by atoms with van der Waals surface area (Å²) in [6, 6.07) is 20.6. The van der Waals surface area contributed by atoms with E-state index in [0.717, 1.165) is 22.4 Å². The van der Waals surface area contributed by atoms with Crippen LogP contribution in [0.4, 0.5) is 0 Å². The standard InChI is InChI=1S/C22H20N4O/c1-16-4-3-5-19(12-16)21-15-26(25-24-21)14-17-6-8-18(9-7-17)20-10-11-22(27-2)23-13-20/h3-13,15H,14H2,1-2H3. The monoisotopic (exact) mass is 356 g/mol. The number of nitrogens with zero attached hydrogens (tertiary/aromatic N) is 4. The van der Waals surface area contributed by atoms with Gasteiger partial charge in [0.1, 0.15) is 5.69 Å². The molecule has 4 aromatic rings. The lowest BCUT2D eigenvalue weighted by atomic mass is 10.1. The van der Waals surface area contributed by atoms with Crippen molar-refractivity contribution in [1.82, 2.24) is 20.0 Å². The number of hydrogen-bond donors (Lipinski definition) is 0. The smallest absolute Gasteiger partial charge is 0.212 e. The number of aryl methyl sites for hydroxylation is 1. The number of ether oxygens (including phenoxy) is 1. The Morgan fingerprint density at radius 3 is 2.44 bits per heavy atom. The third kappa shape index (κ3) is 3.87. The quantitative estimate of drug-likeness (QED) is 0.533. The Morgan fingerprint density at radius 2 is 1.74 bits per heavy atom. The van der Waals surface area contributed by atoms with Crippen molar-refractivity contribution in [2.45, 2.75) is 13.5 Å². The molecule has 0 saturated heterocycles. The van der Waals surface area contributed by atoms with Gasteiger partial charge in [-0.1, -0.05) is 53.2 Å². The van der Waals surface area contributed by atoms with Crippen molar-refractivity contribution in [3.63, 3.8) is 0 Å². The molecule has 5 nitrogen and oxygen atoms in total. The predicted octanol–water partition coefficient (Wildman–Crippen LogP) is 4.37. The summed E-state index contributed by atoms with van der Waals surface area (Å²) in [4.78, 5) is 4.26. The number of rotatable bonds is 5. The first-order valence-corrected chi connectivity index (χ1v) is 8.78. The van der Waals surface area contributed by atoms with E-state index in [1.54, 1.807) is 7.11 Å². The van der Waals surface area contributed by atoms with Gasteiger partial charge in [0, 0.05) is 23.4 Å². The molecule has 0 atom stereocenters. The van der Waals surface area contributed by atoms with Gasteiger partial charge in [0.25, 0.3) is 0 Å². The van der Waals surface area contributed by atoms with Gasteiger partial charge in [-0.2, -0.15) is 0 Å². The number of aromatic nitrogens is 4. The molecule has 0 aliphatic heterocycles. The lowest BCUT2D eigenvalue weighted by Crippen LogP contribution is -2.00. The van der Waals surface area contributed by atoms with Crippen LogP contribution in [0, 0.1) is 6.92 Å². The Morgan fingerprint density at radius 1 is 0.926 bits per heavy atom. The topological polar surface area (TPSA) is 52.8 Å². The van der Waals surface area contributed by atoms with Crippen molar-refractivity contribution in [2.24, 2.45) is 0 Å². The van der Waals surface area contributed by atoms with Gasteiger partial charge in [-0.3, -0.25) is 0 Å². The van der Waals surface area contributed by atoms with E-state index in [1.165, 1.54) is 11.1 Å². The molecule has 0 radical (unpaired) electrons. The Kier molecular flexibility index (Phi) is 4.66. The highest BCUT2D eigenvalue weighted by Crippen LogP contribution is 2.21. The van der Waals surface area contributed by atoms with Crippen LogP contribution in [0.1, 0.15) is 11.1 Å². The second-order valence-electron chi connectivity index (χ2n) is 6.46. The zero-order chi connectivity index (χ0) is 18.6. The minimum Gasteiger partial charge on any atom is -0.481 e. The Bertz CT molecular complexity index is 1040. The second-order valence-corrected chi connectivity index (χ2v) is 6.46. The molecule has 27 heavy (non-hydrogen) atoms. The molecule has 0 bridgehead atoms. The summed E-state index contributed by atoms with van der Waals surface area (Å²) in [7, 11) is 1.62.